The first-order valence-corrected chi connectivity index (χ1v) is 5.61. The minimum absolute atomic E-state index is 0.244. The first-order chi connectivity index (χ1) is 8.68. The second kappa shape index (κ2) is 5.30. The summed E-state index contributed by atoms with van der Waals surface area (Å²) in [6.07, 6.45) is 4.15. The Morgan fingerprint density at radius 1 is 1.61 bits per heavy atom. The predicted octanol–water partition coefficient (Wildman–Crippen LogP) is -0.288. The Morgan fingerprint density at radius 3 is 3.06 bits per heavy atom. The molecule has 1 amide bonds. The van der Waals surface area contributed by atoms with Gasteiger partial charge >= 0.3 is 0 Å². The number of nitrogens with one attached hydrogen (secondary N) is 2. The molecule has 18 heavy (non-hydrogen) atoms. The van der Waals surface area contributed by atoms with Gasteiger partial charge in [-0.25, -0.2) is 0 Å². The highest BCUT2D eigenvalue weighted by atomic mass is 16.1. The van der Waals surface area contributed by atoms with Gasteiger partial charge in [-0.1, -0.05) is 5.21 Å². The number of H-pyrrole nitrogens is 1. The molecular formula is C10H15N7O. The summed E-state index contributed by atoms with van der Waals surface area (Å²) in [5.74, 6) is -0.268. The standard InChI is InChI=1S/C10H15N7O/c1-7-8(11)9(15-14-7)10(18)12-3-2-5-17-6-4-13-16-17/h4,6H,2-3,5,11H2,1H3,(H,12,18)(H,14,15). The lowest BCUT2D eigenvalue weighted by molar-refractivity contribution is 0.0948. The van der Waals surface area contributed by atoms with E-state index in [2.05, 4.69) is 25.8 Å². The number of anilines is 1. The number of hydrogen-bond acceptors (Lipinski definition) is 5. The minimum Gasteiger partial charge on any atom is -0.395 e. The summed E-state index contributed by atoms with van der Waals surface area (Å²) >= 11 is 0. The molecule has 0 spiro atoms. The van der Waals surface area contributed by atoms with Crippen LogP contribution in [0.1, 0.15) is 22.6 Å². The zero-order valence-corrected chi connectivity index (χ0v) is 10.1. The first-order valence-electron chi connectivity index (χ1n) is 5.61. The van der Waals surface area contributed by atoms with Gasteiger partial charge < -0.3 is 11.1 Å². The van der Waals surface area contributed by atoms with Crippen molar-refractivity contribution < 1.29 is 4.79 Å². The van der Waals surface area contributed by atoms with E-state index in [4.69, 9.17) is 5.73 Å². The molecule has 0 aromatic carbocycles. The van der Waals surface area contributed by atoms with Gasteiger partial charge in [0.2, 0.25) is 0 Å². The summed E-state index contributed by atoms with van der Waals surface area (Å²) in [6.45, 7) is 3.00. The molecule has 0 bridgehead atoms. The Bertz CT molecular complexity index is 516. The van der Waals surface area contributed by atoms with Gasteiger partial charge in [-0.2, -0.15) is 5.10 Å². The lowest BCUT2D eigenvalue weighted by Crippen LogP contribution is -2.26. The van der Waals surface area contributed by atoms with Gasteiger partial charge in [0.05, 0.1) is 17.6 Å². The molecule has 0 saturated heterocycles. The van der Waals surface area contributed by atoms with Crippen molar-refractivity contribution in [3.63, 3.8) is 0 Å². The van der Waals surface area contributed by atoms with E-state index >= 15 is 0 Å². The molecule has 0 aliphatic heterocycles. The van der Waals surface area contributed by atoms with Crippen molar-refractivity contribution in [2.75, 3.05) is 12.3 Å². The van der Waals surface area contributed by atoms with Crippen molar-refractivity contribution in [3.05, 3.63) is 23.8 Å². The summed E-state index contributed by atoms with van der Waals surface area (Å²) in [5.41, 5.74) is 7.04. The number of hydrogen-bond donors (Lipinski definition) is 3. The third-order valence-corrected chi connectivity index (χ3v) is 2.53. The van der Waals surface area contributed by atoms with Gasteiger partial charge in [-0.15, -0.1) is 5.10 Å². The van der Waals surface area contributed by atoms with E-state index in [9.17, 15) is 4.79 Å². The highest BCUT2D eigenvalue weighted by Gasteiger charge is 2.14. The molecule has 2 aromatic heterocycles. The van der Waals surface area contributed by atoms with Crippen LogP contribution < -0.4 is 11.1 Å². The molecule has 2 heterocycles. The number of nitrogens with two attached hydrogens (primary N) is 1. The Hall–Kier alpha value is -2.38. The van der Waals surface area contributed by atoms with Crippen LogP contribution >= 0.6 is 0 Å². The fourth-order valence-electron chi connectivity index (χ4n) is 1.49. The first kappa shape index (κ1) is 12.1. The van der Waals surface area contributed by atoms with Gasteiger partial charge in [0.1, 0.15) is 0 Å². The van der Waals surface area contributed by atoms with Crippen molar-refractivity contribution >= 4 is 11.6 Å². The highest BCUT2D eigenvalue weighted by molar-refractivity contribution is 5.97. The molecule has 8 nitrogen and oxygen atoms in total. The number of carbonyl (C=O) groups excluding carboxylic acids is 1. The van der Waals surface area contributed by atoms with Crippen LogP contribution in [0.3, 0.4) is 0 Å². The summed E-state index contributed by atoms with van der Waals surface area (Å²) in [5, 5.41) is 16.8. The molecule has 0 fully saturated rings. The fraction of sp³-hybridized carbons (Fsp3) is 0.400. The van der Waals surface area contributed by atoms with Crippen molar-refractivity contribution in [3.8, 4) is 0 Å². The maximum atomic E-state index is 11.7. The van der Waals surface area contributed by atoms with Crippen molar-refractivity contribution in [1.29, 1.82) is 0 Å². The van der Waals surface area contributed by atoms with Gasteiger partial charge in [0.15, 0.2) is 5.69 Å². The monoisotopic (exact) mass is 249 g/mol. The molecular weight excluding hydrogens is 234 g/mol. The largest absolute Gasteiger partial charge is 0.395 e. The van der Waals surface area contributed by atoms with E-state index < -0.39 is 0 Å². The topological polar surface area (TPSA) is 115 Å². The van der Waals surface area contributed by atoms with Gasteiger partial charge in [0, 0.05) is 19.3 Å². The van der Waals surface area contributed by atoms with Crippen molar-refractivity contribution in [1.82, 2.24) is 30.5 Å². The molecule has 0 unspecified atom stereocenters. The van der Waals surface area contributed by atoms with Crippen LogP contribution in [0.2, 0.25) is 0 Å². The fourth-order valence-corrected chi connectivity index (χ4v) is 1.49. The third kappa shape index (κ3) is 2.65. The SMILES string of the molecule is Cc1[nH]nc(C(=O)NCCCn2ccnn2)c1N. The lowest BCUT2D eigenvalue weighted by Gasteiger charge is -2.03. The van der Waals surface area contributed by atoms with Crippen molar-refractivity contribution in [2.24, 2.45) is 0 Å². The van der Waals surface area contributed by atoms with Gasteiger partial charge in [-0.05, 0) is 13.3 Å². The second-order valence-corrected chi connectivity index (χ2v) is 3.89. The Labute approximate surface area is 104 Å². The number of carbonyl (C=O) groups is 1. The zero-order chi connectivity index (χ0) is 13.0. The number of aryl methyl sites for hydroxylation is 2. The smallest absolute Gasteiger partial charge is 0.273 e. The molecule has 0 aliphatic carbocycles. The second-order valence-electron chi connectivity index (χ2n) is 3.89. The van der Waals surface area contributed by atoms with Crippen LogP contribution in [-0.2, 0) is 6.54 Å². The number of amides is 1. The average Bonchev–Trinajstić information content (AvgIpc) is 2.97. The number of rotatable bonds is 5. The van der Waals surface area contributed by atoms with Gasteiger partial charge in [0.25, 0.3) is 5.91 Å². The summed E-state index contributed by atoms with van der Waals surface area (Å²) in [7, 11) is 0. The Kier molecular flexibility index (Phi) is 3.56. The maximum absolute atomic E-state index is 11.7. The molecule has 2 rings (SSSR count). The lowest BCUT2D eigenvalue weighted by atomic mass is 10.3. The molecule has 96 valence electrons. The van der Waals surface area contributed by atoms with Gasteiger partial charge in [-0.3, -0.25) is 14.6 Å². The quantitative estimate of drug-likeness (QED) is 0.630. The minimum atomic E-state index is -0.268. The summed E-state index contributed by atoms with van der Waals surface area (Å²) in [6, 6.07) is 0. The molecule has 0 aliphatic rings. The molecule has 2 aromatic rings. The summed E-state index contributed by atoms with van der Waals surface area (Å²) in [4.78, 5) is 11.7. The predicted molar refractivity (Wildman–Crippen MR) is 64.7 cm³/mol. The van der Waals surface area contributed by atoms with E-state index in [1.165, 1.54) is 0 Å². The molecule has 4 N–H and O–H groups in total. The van der Waals surface area contributed by atoms with Crippen LogP contribution in [0.5, 0.6) is 0 Å². The van der Waals surface area contributed by atoms with E-state index in [0.717, 1.165) is 6.42 Å². The van der Waals surface area contributed by atoms with Crippen LogP contribution in [-0.4, -0.2) is 37.6 Å². The average molecular weight is 249 g/mol. The maximum Gasteiger partial charge on any atom is 0.273 e. The Morgan fingerprint density at radius 2 is 2.44 bits per heavy atom. The number of aromatic nitrogens is 5. The molecule has 0 saturated carbocycles. The normalized spacial score (nSPS) is 10.5. The van der Waals surface area contributed by atoms with E-state index in [-0.39, 0.29) is 11.6 Å². The number of nitrogens with zero attached hydrogens (tertiary/aromatic N) is 4. The third-order valence-electron chi connectivity index (χ3n) is 2.53. The Balaban J connectivity index is 1.77. The van der Waals surface area contributed by atoms with E-state index in [0.29, 0.717) is 24.5 Å². The molecule has 8 heteroatoms. The highest BCUT2D eigenvalue weighted by Crippen LogP contribution is 2.11. The van der Waals surface area contributed by atoms with Crippen molar-refractivity contribution in [2.45, 2.75) is 19.9 Å². The van der Waals surface area contributed by atoms with Crippen LogP contribution in [0, 0.1) is 6.92 Å². The molecule has 0 radical (unpaired) electrons. The van der Waals surface area contributed by atoms with Crippen LogP contribution in [0.4, 0.5) is 5.69 Å². The van der Waals surface area contributed by atoms with Crippen LogP contribution in [0.25, 0.3) is 0 Å². The summed E-state index contributed by atoms with van der Waals surface area (Å²) < 4.78 is 1.71. The molecule has 0 atom stereocenters. The van der Waals surface area contributed by atoms with E-state index in [1.807, 2.05) is 0 Å². The number of aromatic amines is 1. The van der Waals surface area contributed by atoms with E-state index in [1.54, 1.807) is 24.0 Å². The zero-order valence-electron chi connectivity index (χ0n) is 10.1. The number of nitrogen functional groups attached to an aromatic ring is 1. The van der Waals surface area contributed by atoms with Crippen LogP contribution in [0.15, 0.2) is 12.4 Å².